The maximum Gasteiger partial charge on any atom is 0.274 e. The Kier molecular flexibility index (Phi) is 5.26. The second-order valence-electron chi connectivity index (χ2n) is 6.68. The van der Waals surface area contributed by atoms with Crippen molar-refractivity contribution in [1.29, 1.82) is 0 Å². The summed E-state index contributed by atoms with van der Waals surface area (Å²) in [6.45, 7) is 0.513. The standard InChI is InChI=1S/C19H20N6O3S/c1-20-16(26)9-21-17(27)13-11-29-18(23-13)14-5-4-8-25(14)19(28)12-10-24-7-3-2-6-15(24)22-12/h2-3,6-7,10-11,14H,4-5,8-9H2,1H3,(H,20,26)(H,21,27). The maximum absolute atomic E-state index is 13.1. The number of carbonyl (C=O) groups excluding carboxylic acids is 3. The van der Waals surface area contributed by atoms with Crippen LogP contribution in [0.25, 0.3) is 5.65 Å². The third-order valence-corrected chi connectivity index (χ3v) is 5.77. The molecule has 29 heavy (non-hydrogen) atoms. The van der Waals surface area contributed by atoms with Crippen molar-refractivity contribution in [2.45, 2.75) is 18.9 Å². The van der Waals surface area contributed by atoms with E-state index in [1.165, 1.54) is 18.4 Å². The molecule has 0 aromatic carbocycles. The van der Waals surface area contributed by atoms with Crippen molar-refractivity contribution < 1.29 is 14.4 Å². The number of imidazole rings is 1. The van der Waals surface area contributed by atoms with E-state index in [2.05, 4.69) is 20.6 Å². The molecule has 9 nitrogen and oxygen atoms in total. The van der Waals surface area contributed by atoms with Crippen LogP contribution in [0.1, 0.15) is 44.9 Å². The predicted molar refractivity (Wildman–Crippen MR) is 107 cm³/mol. The van der Waals surface area contributed by atoms with Gasteiger partial charge in [-0.15, -0.1) is 11.3 Å². The Morgan fingerprint density at radius 3 is 2.90 bits per heavy atom. The summed E-state index contributed by atoms with van der Waals surface area (Å²) in [5.41, 5.74) is 1.36. The Morgan fingerprint density at radius 2 is 2.10 bits per heavy atom. The number of likely N-dealkylation sites (tertiary alicyclic amines) is 1. The van der Waals surface area contributed by atoms with Crippen LogP contribution in [0, 0.1) is 0 Å². The number of fused-ring (bicyclic) bond motifs is 1. The molecule has 0 bridgehead atoms. The van der Waals surface area contributed by atoms with E-state index in [9.17, 15) is 14.4 Å². The van der Waals surface area contributed by atoms with Crippen LogP contribution in [0.15, 0.2) is 36.0 Å². The number of hydrogen-bond donors (Lipinski definition) is 2. The van der Waals surface area contributed by atoms with E-state index in [4.69, 9.17) is 0 Å². The molecule has 0 radical (unpaired) electrons. The van der Waals surface area contributed by atoms with Gasteiger partial charge in [-0.2, -0.15) is 0 Å². The molecule has 1 unspecified atom stereocenters. The number of likely N-dealkylation sites (N-methyl/N-ethyl adjacent to an activating group) is 1. The van der Waals surface area contributed by atoms with Crippen molar-refractivity contribution in [3.8, 4) is 0 Å². The Bertz CT molecular complexity index is 1040. The molecular formula is C19H20N6O3S. The Hall–Kier alpha value is -3.27. The molecule has 1 aliphatic heterocycles. The van der Waals surface area contributed by atoms with Crippen molar-refractivity contribution >= 4 is 34.7 Å². The van der Waals surface area contributed by atoms with Crippen LogP contribution in [0.3, 0.4) is 0 Å². The van der Waals surface area contributed by atoms with Gasteiger partial charge in [0.2, 0.25) is 5.91 Å². The number of amides is 3. The first-order chi connectivity index (χ1) is 14.1. The van der Waals surface area contributed by atoms with Crippen molar-refractivity contribution in [2.75, 3.05) is 20.1 Å². The summed E-state index contributed by atoms with van der Waals surface area (Å²) in [6.07, 6.45) is 5.23. The fraction of sp³-hybridized carbons (Fsp3) is 0.316. The number of rotatable bonds is 5. The molecule has 150 valence electrons. The monoisotopic (exact) mass is 412 g/mol. The number of carbonyl (C=O) groups is 3. The lowest BCUT2D eigenvalue weighted by atomic mass is 10.2. The molecule has 3 aromatic heterocycles. The van der Waals surface area contributed by atoms with E-state index in [-0.39, 0.29) is 30.1 Å². The summed E-state index contributed by atoms with van der Waals surface area (Å²) in [6, 6.07) is 5.43. The number of nitrogens with zero attached hydrogens (tertiary/aromatic N) is 4. The molecule has 0 aliphatic carbocycles. The zero-order valence-corrected chi connectivity index (χ0v) is 16.6. The van der Waals surface area contributed by atoms with Gasteiger partial charge >= 0.3 is 0 Å². The van der Waals surface area contributed by atoms with Crippen LogP contribution >= 0.6 is 11.3 Å². The van der Waals surface area contributed by atoms with Crippen molar-refractivity contribution in [3.05, 3.63) is 52.4 Å². The minimum atomic E-state index is -0.410. The van der Waals surface area contributed by atoms with Gasteiger partial charge < -0.3 is 19.9 Å². The summed E-state index contributed by atoms with van der Waals surface area (Å²) < 4.78 is 1.82. The Morgan fingerprint density at radius 1 is 1.24 bits per heavy atom. The second-order valence-corrected chi connectivity index (χ2v) is 7.57. The molecule has 1 atom stereocenters. The summed E-state index contributed by atoms with van der Waals surface area (Å²) in [5.74, 6) is -0.835. The van der Waals surface area contributed by atoms with Gasteiger partial charge in [-0.25, -0.2) is 9.97 Å². The number of aromatic nitrogens is 3. The van der Waals surface area contributed by atoms with Crippen LogP contribution in [0.2, 0.25) is 0 Å². The maximum atomic E-state index is 13.1. The number of nitrogens with one attached hydrogen (secondary N) is 2. The molecule has 10 heteroatoms. The smallest absolute Gasteiger partial charge is 0.274 e. The van der Waals surface area contributed by atoms with Crippen LogP contribution in [0.5, 0.6) is 0 Å². The third kappa shape index (κ3) is 3.83. The molecular weight excluding hydrogens is 392 g/mol. The Labute approximate surface area is 170 Å². The summed E-state index contributed by atoms with van der Waals surface area (Å²) in [7, 11) is 1.50. The molecule has 3 amide bonds. The van der Waals surface area contributed by atoms with E-state index >= 15 is 0 Å². The summed E-state index contributed by atoms with van der Waals surface area (Å²) >= 11 is 1.34. The fourth-order valence-electron chi connectivity index (χ4n) is 3.34. The van der Waals surface area contributed by atoms with Crippen molar-refractivity contribution in [2.24, 2.45) is 0 Å². The third-order valence-electron chi connectivity index (χ3n) is 4.82. The van der Waals surface area contributed by atoms with Crippen molar-refractivity contribution in [1.82, 2.24) is 29.9 Å². The first-order valence-corrected chi connectivity index (χ1v) is 10.1. The van der Waals surface area contributed by atoms with Gasteiger partial charge in [-0.05, 0) is 25.0 Å². The molecule has 1 saturated heterocycles. The van der Waals surface area contributed by atoms with Crippen molar-refractivity contribution in [3.63, 3.8) is 0 Å². The van der Waals surface area contributed by atoms with Crippen LogP contribution in [-0.2, 0) is 4.79 Å². The van der Waals surface area contributed by atoms with Gasteiger partial charge in [-0.3, -0.25) is 14.4 Å². The molecule has 1 aliphatic rings. The normalized spacial score (nSPS) is 16.2. The molecule has 3 aromatic rings. The predicted octanol–water partition coefficient (Wildman–Crippen LogP) is 1.24. The molecule has 4 rings (SSSR count). The summed E-state index contributed by atoms with van der Waals surface area (Å²) in [5, 5.41) is 7.34. The van der Waals surface area contributed by atoms with Crippen LogP contribution < -0.4 is 10.6 Å². The number of pyridine rings is 1. The highest BCUT2D eigenvalue weighted by Gasteiger charge is 2.34. The quantitative estimate of drug-likeness (QED) is 0.656. The zero-order chi connectivity index (χ0) is 20.4. The fourth-order valence-corrected chi connectivity index (χ4v) is 4.28. The van der Waals surface area contributed by atoms with Crippen LogP contribution in [-0.4, -0.2) is 57.1 Å². The highest BCUT2D eigenvalue weighted by molar-refractivity contribution is 7.09. The number of hydrogen-bond acceptors (Lipinski definition) is 6. The summed E-state index contributed by atoms with van der Waals surface area (Å²) in [4.78, 5) is 47.1. The first-order valence-electron chi connectivity index (χ1n) is 9.25. The lowest BCUT2D eigenvalue weighted by Crippen LogP contribution is -2.35. The average molecular weight is 412 g/mol. The van der Waals surface area contributed by atoms with E-state index in [1.54, 1.807) is 16.5 Å². The second kappa shape index (κ2) is 8.00. The largest absolute Gasteiger partial charge is 0.358 e. The van der Waals surface area contributed by atoms with Gasteiger partial charge in [-0.1, -0.05) is 6.07 Å². The SMILES string of the molecule is CNC(=O)CNC(=O)c1csc(C2CCCN2C(=O)c2cn3ccccc3n2)n1. The zero-order valence-electron chi connectivity index (χ0n) is 15.8. The molecule has 4 heterocycles. The number of thiazole rings is 1. The van der Waals surface area contributed by atoms with Crippen LogP contribution in [0.4, 0.5) is 0 Å². The van der Waals surface area contributed by atoms with Gasteiger partial charge in [0, 0.05) is 31.4 Å². The van der Waals surface area contributed by atoms with E-state index < -0.39 is 5.91 Å². The van der Waals surface area contributed by atoms with E-state index in [0.717, 1.165) is 18.5 Å². The van der Waals surface area contributed by atoms with Gasteiger partial charge in [0.25, 0.3) is 11.8 Å². The van der Waals surface area contributed by atoms with Gasteiger partial charge in [0.1, 0.15) is 22.0 Å². The Balaban J connectivity index is 1.50. The molecule has 0 spiro atoms. The van der Waals surface area contributed by atoms with E-state index in [1.807, 2.05) is 28.8 Å². The van der Waals surface area contributed by atoms with Gasteiger partial charge in [0.05, 0.1) is 12.6 Å². The van der Waals surface area contributed by atoms with E-state index in [0.29, 0.717) is 17.2 Å². The highest BCUT2D eigenvalue weighted by atomic mass is 32.1. The molecule has 0 saturated carbocycles. The molecule has 1 fully saturated rings. The first kappa shape index (κ1) is 19.1. The topological polar surface area (TPSA) is 109 Å². The minimum Gasteiger partial charge on any atom is -0.358 e. The lowest BCUT2D eigenvalue weighted by Gasteiger charge is -2.22. The lowest BCUT2D eigenvalue weighted by molar-refractivity contribution is -0.119. The molecule has 2 N–H and O–H groups in total. The highest BCUT2D eigenvalue weighted by Crippen LogP contribution is 2.34. The minimum absolute atomic E-state index is 0.107. The average Bonchev–Trinajstić information content (AvgIpc) is 3.48. The van der Waals surface area contributed by atoms with Gasteiger partial charge in [0.15, 0.2) is 0 Å².